The smallest absolute Gasteiger partial charge is 0.304 e. The third-order valence-corrected chi connectivity index (χ3v) is 2.92. The second kappa shape index (κ2) is 5.39. The van der Waals surface area contributed by atoms with Crippen LogP contribution in [-0.4, -0.2) is 26.9 Å². The molecule has 7 nitrogen and oxygen atoms in total. The van der Waals surface area contributed by atoms with E-state index in [-0.39, 0.29) is 34.2 Å². The lowest BCUT2D eigenvalue weighted by molar-refractivity contribution is -0.387. The number of anilines is 1. The van der Waals surface area contributed by atoms with E-state index in [4.69, 9.17) is 10.8 Å². The van der Waals surface area contributed by atoms with Crippen molar-refractivity contribution in [3.63, 3.8) is 0 Å². The molecule has 17 heavy (non-hydrogen) atoms. The molecule has 0 atom stereocenters. The molecular formula is C9H10N2O5S. The second-order valence-electron chi connectivity index (χ2n) is 3.13. The highest BCUT2D eigenvalue weighted by molar-refractivity contribution is 7.99. The molecule has 0 aliphatic rings. The number of phenols is 1. The van der Waals surface area contributed by atoms with Gasteiger partial charge < -0.3 is 15.9 Å². The largest absolute Gasteiger partial charge is 0.506 e. The summed E-state index contributed by atoms with van der Waals surface area (Å²) in [5.41, 5.74) is 5.16. The number of phenolic OH excluding ortho intramolecular Hbond substituents is 1. The highest BCUT2D eigenvalue weighted by atomic mass is 32.2. The molecule has 0 amide bonds. The van der Waals surface area contributed by atoms with Crippen LogP contribution in [0.5, 0.6) is 5.75 Å². The number of hydrogen-bond donors (Lipinski definition) is 3. The highest BCUT2D eigenvalue weighted by Gasteiger charge is 2.17. The van der Waals surface area contributed by atoms with E-state index in [1.54, 1.807) is 0 Å². The molecule has 92 valence electrons. The number of carboxylic acid groups (broad SMARTS) is 1. The van der Waals surface area contributed by atoms with Gasteiger partial charge in [0.05, 0.1) is 28.0 Å². The van der Waals surface area contributed by atoms with Crippen LogP contribution >= 0.6 is 11.8 Å². The fourth-order valence-corrected chi connectivity index (χ4v) is 2.07. The van der Waals surface area contributed by atoms with Gasteiger partial charge in [0.2, 0.25) is 0 Å². The van der Waals surface area contributed by atoms with Crippen LogP contribution in [0, 0.1) is 10.1 Å². The van der Waals surface area contributed by atoms with Crippen LogP contribution in [0.4, 0.5) is 11.4 Å². The first-order valence-corrected chi connectivity index (χ1v) is 5.52. The van der Waals surface area contributed by atoms with Gasteiger partial charge in [0.15, 0.2) is 0 Å². The van der Waals surface area contributed by atoms with Gasteiger partial charge in [-0.2, -0.15) is 0 Å². The van der Waals surface area contributed by atoms with Crippen LogP contribution in [0.25, 0.3) is 0 Å². The molecular weight excluding hydrogens is 248 g/mol. The van der Waals surface area contributed by atoms with E-state index in [1.165, 1.54) is 6.07 Å². The van der Waals surface area contributed by atoms with Crippen LogP contribution in [-0.2, 0) is 4.79 Å². The molecule has 4 N–H and O–H groups in total. The van der Waals surface area contributed by atoms with Gasteiger partial charge in [-0.25, -0.2) is 0 Å². The molecule has 0 aromatic heterocycles. The minimum Gasteiger partial charge on any atom is -0.506 e. The summed E-state index contributed by atoms with van der Waals surface area (Å²) < 4.78 is 0. The number of nitrogen functional groups attached to an aromatic ring is 1. The van der Waals surface area contributed by atoms with Gasteiger partial charge in [0.1, 0.15) is 5.75 Å². The molecule has 1 aromatic carbocycles. The molecule has 1 aromatic rings. The van der Waals surface area contributed by atoms with Crippen molar-refractivity contribution < 1.29 is 19.9 Å². The zero-order chi connectivity index (χ0) is 13.0. The summed E-state index contributed by atoms with van der Waals surface area (Å²) in [5.74, 6) is -1.15. The molecule has 0 bridgehead atoms. The van der Waals surface area contributed by atoms with E-state index in [1.807, 2.05) is 0 Å². The molecule has 8 heteroatoms. The zero-order valence-corrected chi connectivity index (χ0v) is 9.44. The van der Waals surface area contributed by atoms with Crippen molar-refractivity contribution in [2.75, 3.05) is 11.5 Å². The average Bonchev–Trinajstić information content (AvgIpc) is 2.22. The standard InChI is InChI=1S/C9H10N2O5S/c10-5-3-8(17-2-1-9(13)14)6(11(15)16)4-7(5)12/h3-4,12H,1-2,10H2,(H,13,14). The molecule has 0 radical (unpaired) electrons. The normalized spacial score (nSPS) is 10.1. The van der Waals surface area contributed by atoms with Gasteiger partial charge in [-0.3, -0.25) is 14.9 Å². The summed E-state index contributed by atoms with van der Waals surface area (Å²) in [6.07, 6.45) is -0.109. The number of carboxylic acids is 1. The number of aliphatic carboxylic acids is 1. The molecule has 0 spiro atoms. The number of nitrogens with two attached hydrogens (primary N) is 1. The predicted molar refractivity (Wildman–Crippen MR) is 62.2 cm³/mol. The minimum atomic E-state index is -0.980. The maximum atomic E-state index is 10.7. The molecule has 0 fully saturated rings. The van der Waals surface area contributed by atoms with Gasteiger partial charge in [-0.15, -0.1) is 11.8 Å². The number of aromatic hydroxyl groups is 1. The lowest BCUT2D eigenvalue weighted by atomic mass is 10.2. The summed E-state index contributed by atoms with van der Waals surface area (Å²) in [7, 11) is 0. The Hall–Kier alpha value is -1.96. The predicted octanol–water partition coefficient (Wildman–Crippen LogP) is 1.45. The summed E-state index contributed by atoms with van der Waals surface area (Å²) >= 11 is 1.01. The van der Waals surface area contributed by atoms with Crippen molar-refractivity contribution >= 4 is 29.1 Å². The van der Waals surface area contributed by atoms with E-state index in [9.17, 15) is 20.0 Å². The minimum absolute atomic E-state index is 0.0217. The second-order valence-corrected chi connectivity index (χ2v) is 4.26. The summed E-state index contributed by atoms with van der Waals surface area (Å²) in [5, 5.41) is 28.4. The number of rotatable bonds is 5. The first-order valence-electron chi connectivity index (χ1n) is 4.53. The number of benzene rings is 1. The molecule has 0 saturated carbocycles. The quantitative estimate of drug-likeness (QED) is 0.240. The van der Waals surface area contributed by atoms with Crippen molar-refractivity contribution in [1.82, 2.24) is 0 Å². The number of carbonyl (C=O) groups is 1. The van der Waals surface area contributed by atoms with Crippen molar-refractivity contribution in [1.29, 1.82) is 0 Å². The number of nitrogens with zero attached hydrogens (tertiary/aromatic N) is 1. The van der Waals surface area contributed by atoms with Crippen molar-refractivity contribution in [2.24, 2.45) is 0 Å². The lowest BCUT2D eigenvalue weighted by Crippen LogP contribution is -1.98. The Balaban J connectivity index is 2.92. The number of nitro benzene ring substituents is 1. The van der Waals surface area contributed by atoms with Crippen molar-refractivity contribution in [3.8, 4) is 5.75 Å². The first-order chi connectivity index (χ1) is 7.91. The van der Waals surface area contributed by atoms with E-state index in [2.05, 4.69) is 0 Å². The molecule has 0 saturated heterocycles. The third kappa shape index (κ3) is 3.52. The Morgan fingerprint density at radius 3 is 2.71 bits per heavy atom. The Labute approximate surface area is 100 Å². The van der Waals surface area contributed by atoms with Crippen LogP contribution < -0.4 is 5.73 Å². The van der Waals surface area contributed by atoms with Crippen molar-refractivity contribution in [3.05, 3.63) is 22.2 Å². The maximum absolute atomic E-state index is 10.7. The summed E-state index contributed by atoms with van der Waals surface area (Å²) in [6.45, 7) is 0. The Morgan fingerprint density at radius 2 is 2.18 bits per heavy atom. The van der Waals surface area contributed by atoms with Gasteiger partial charge in [-0.1, -0.05) is 0 Å². The molecule has 0 unspecified atom stereocenters. The van der Waals surface area contributed by atoms with E-state index < -0.39 is 10.9 Å². The van der Waals surface area contributed by atoms with Crippen molar-refractivity contribution in [2.45, 2.75) is 11.3 Å². The number of hydrogen-bond acceptors (Lipinski definition) is 6. The number of nitro groups is 1. The fourth-order valence-electron chi connectivity index (χ4n) is 1.08. The van der Waals surface area contributed by atoms with Gasteiger partial charge >= 0.3 is 5.97 Å². The van der Waals surface area contributed by atoms with E-state index in [0.717, 1.165) is 17.8 Å². The van der Waals surface area contributed by atoms with Crippen LogP contribution in [0.3, 0.4) is 0 Å². The Kier molecular flexibility index (Phi) is 4.16. The summed E-state index contributed by atoms with van der Waals surface area (Å²) in [4.78, 5) is 20.6. The molecule has 0 aliphatic carbocycles. The Morgan fingerprint density at radius 1 is 1.53 bits per heavy atom. The zero-order valence-electron chi connectivity index (χ0n) is 8.62. The van der Waals surface area contributed by atoms with E-state index >= 15 is 0 Å². The molecule has 0 aliphatic heterocycles. The average molecular weight is 258 g/mol. The van der Waals surface area contributed by atoms with Gasteiger partial charge in [0, 0.05) is 5.75 Å². The van der Waals surface area contributed by atoms with E-state index in [0.29, 0.717) is 0 Å². The Bertz CT molecular complexity index is 463. The lowest BCUT2D eigenvalue weighted by Gasteiger charge is -2.04. The number of thioether (sulfide) groups is 1. The van der Waals surface area contributed by atoms with Crippen LogP contribution in [0.2, 0.25) is 0 Å². The maximum Gasteiger partial charge on any atom is 0.304 e. The van der Waals surface area contributed by atoms with Crippen LogP contribution in [0.15, 0.2) is 17.0 Å². The first kappa shape index (κ1) is 13.1. The SMILES string of the molecule is Nc1cc(SCCC(=O)O)c([N+](=O)[O-])cc1O. The van der Waals surface area contributed by atoms with Gasteiger partial charge in [-0.05, 0) is 6.07 Å². The fraction of sp³-hybridized carbons (Fsp3) is 0.222. The molecule has 0 heterocycles. The van der Waals surface area contributed by atoms with Gasteiger partial charge in [0.25, 0.3) is 5.69 Å². The monoisotopic (exact) mass is 258 g/mol. The molecule has 1 rings (SSSR count). The summed E-state index contributed by atoms with van der Waals surface area (Å²) in [6, 6.07) is 2.22. The van der Waals surface area contributed by atoms with Crippen LogP contribution in [0.1, 0.15) is 6.42 Å². The third-order valence-electron chi connectivity index (χ3n) is 1.88. The topological polar surface area (TPSA) is 127 Å². The highest BCUT2D eigenvalue weighted by Crippen LogP contribution is 2.36.